The second-order valence-corrected chi connectivity index (χ2v) is 4.04. The number of pyridine rings is 1. The molecule has 0 saturated carbocycles. The minimum absolute atomic E-state index is 0. The van der Waals surface area contributed by atoms with Crippen LogP contribution in [-0.2, 0) is 20.1 Å². The van der Waals surface area contributed by atoms with Gasteiger partial charge in [-0.05, 0) is 24.7 Å². The number of nitrogens with zero attached hydrogens (tertiary/aromatic N) is 3. The molecule has 2 aromatic heterocycles. The van der Waals surface area contributed by atoms with E-state index in [2.05, 4.69) is 16.1 Å². The van der Waals surface area contributed by atoms with Crippen LogP contribution >= 0.6 is 0 Å². The maximum absolute atomic E-state index is 4.50. The Labute approximate surface area is 125 Å². The first-order valence-corrected chi connectivity index (χ1v) is 5.79. The van der Waals surface area contributed by atoms with Gasteiger partial charge in [-0.2, -0.15) is 29.4 Å². The van der Waals surface area contributed by atoms with Crippen molar-refractivity contribution in [1.82, 2.24) is 14.8 Å². The Morgan fingerprint density at radius 3 is 2.63 bits per heavy atom. The molecule has 0 atom stereocenters. The summed E-state index contributed by atoms with van der Waals surface area (Å²) >= 11 is 0. The van der Waals surface area contributed by atoms with Gasteiger partial charge < -0.3 is 0 Å². The van der Waals surface area contributed by atoms with Gasteiger partial charge >= 0.3 is 0 Å². The fourth-order valence-electron chi connectivity index (χ4n) is 1.88. The zero-order valence-corrected chi connectivity index (χ0v) is 12.8. The van der Waals surface area contributed by atoms with Gasteiger partial charge in [0.15, 0.2) is 0 Å². The standard InChI is InChI=1S/C15H12N3.Ir/c1-12-14(15-9-5-6-10-16-15)11-18(17-12)13-7-3-2-4-8-13;/h2-7,9-11H,1H3;/q-1;. The number of benzene rings is 1. The molecule has 0 amide bonds. The summed E-state index contributed by atoms with van der Waals surface area (Å²) in [6, 6.07) is 16.8. The summed E-state index contributed by atoms with van der Waals surface area (Å²) < 4.78 is 1.83. The Morgan fingerprint density at radius 2 is 1.95 bits per heavy atom. The van der Waals surface area contributed by atoms with E-state index in [9.17, 15) is 0 Å². The van der Waals surface area contributed by atoms with Gasteiger partial charge in [0.2, 0.25) is 0 Å². The Morgan fingerprint density at radius 1 is 1.11 bits per heavy atom. The zero-order chi connectivity index (χ0) is 12.4. The van der Waals surface area contributed by atoms with E-state index >= 15 is 0 Å². The van der Waals surface area contributed by atoms with Crippen molar-refractivity contribution in [3.63, 3.8) is 0 Å². The molecule has 0 saturated heterocycles. The van der Waals surface area contributed by atoms with E-state index in [0.717, 1.165) is 22.6 Å². The van der Waals surface area contributed by atoms with Gasteiger partial charge in [0, 0.05) is 38.1 Å². The summed E-state index contributed by atoms with van der Waals surface area (Å²) in [5, 5.41) is 4.50. The van der Waals surface area contributed by atoms with Crippen molar-refractivity contribution in [2.45, 2.75) is 6.92 Å². The predicted molar refractivity (Wildman–Crippen MR) is 70.4 cm³/mol. The number of aryl methyl sites for hydroxylation is 1. The topological polar surface area (TPSA) is 30.7 Å². The van der Waals surface area contributed by atoms with E-state index in [-0.39, 0.29) is 20.1 Å². The predicted octanol–water partition coefficient (Wildman–Crippen LogP) is 3.04. The van der Waals surface area contributed by atoms with Crippen molar-refractivity contribution in [2.24, 2.45) is 0 Å². The van der Waals surface area contributed by atoms with Crippen LogP contribution < -0.4 is 0 Å². The summed E-state index contributed by atoms with van der Waals surface area (Å²) in [5.74, 6) is 0. The summed E-state index contributed by atoms with van der Waals surface area (Å²) in [6.07, 6.45) is 3.78. The van der Waals surface area contributed by atoms with Crippen LogP contribution in [0.25, 0.3) is 16.9 Å². The summed E-state index contributed by atoms with van der Waals surface area (Å²) in [5.41, 5.74) is 3.89. The third-order valence-corrected chi connectivity index (χ3v) is 2.78. The molecule has 0 aliphatic carbocycles. The van der Waals surface area contributed by atoms with E-state index < -0.39 is 0 Å². The molecule has 19 heavy (non-hydrogen) atoms. The molecule has 3 aromatic rings. The van der Waals surface area contributed by atoms with E-state index in [1.54, 1.807) is 6.20 Å². The van der Waals surface area contributed by atoms with Crippen molar-refractivity contribution < 1.29 is 20.1 Å². The van der Waals surface area contributed by atoms with Crippen LogP contribution in [0.1, 0.15) is 5.69 Å². The molecule has 0 aliphatic rings. The van der Waals surface area contributed by atoms with Crippen LogP contribution in [-0.4, -0.2) is 14.8 Å². The fourth-order valence-corrected chi connectivity index (χ4v) is 1.88. The summed E-state index contributed by atoms with van der Waals surface area (Å²) in [4.78, 5) is 4.35. The molecule has 97 valence electrons. The molecule has 0 unspecified atom stereocenters. The number of rotatable bonds is 2. The van der Waals surface area contributed by atoms with Crippen LogP contribution in [0.5, 0.6) is 0 Å². The van der Waals surface area contributed by atoms with Crippen molar-refractivity contribution in [3.8, 4) is 16.9 Å². The first-order valence-electron chi connectivity index (χ1n) is 5.79. The molecule has 1 aromatic carbocycles. The van der Waals surface area contributed by atoms with Crippen LogP contribution in [0.4, 0.5) is 0 Å². The quantitative estimate of drug-likeness (QED) is 0.590. The van der Waals surface area contributed by atoms with E-state index in [0.29, 0.717) is 0 Å². The van der Waals surface area contributed by atoms with E-state index in [4.69, 9.17) is 0 Å². The normalized spacial score (nSPS) is 9.95. The van der Waals surface area contributed by atoms with Crippen molar-refractivity contribution >= 4 is 0 Å². The Hall–Kier alpha value is -1.77. The third-order valence-electron chi connectivity index (χ3n) is 2.78. The van der Waals surface area contributed by atoms with Crippen molar-refractivity contribution in [3.05, 3.63) is 66.6 Å². The first-order chi connectivity index (χ1) is 8.84. The van der Waals surface area contributed by atoms with E-state index in [1.807, 2.05) is 60.3 Å². The van der Waals surface area contributed by atoms with Crippen LogP contribution in [0.15, 0.2) is 54.9 Å². The monoisotopic (exact) mass is 427 g/mol. The molecule has 4 heteroatoms. The molecular weight excluding hydrogens is 414 g/mol. The average Bonchev–Trinajstić information content (AvgIpc) is 2.83. The molecule has 3 rings (SSSR count). The van der Waals surface area contributed by atoms with Gasteiger partial charge in [0.25, 0.3) is 0 Å². The largest absolute Gasteiger partial charge is 0.265 e. The molecule has 0 bridgehead atoms. The van der Waals surface area contributed by atoms with Gasteiger partial charge in [-0.15, -0.1) is 6.07 Å². The van der Waals surface area contributed by atoms with E-state index in [1.165, 1.54) is 0 Å². The van der Waals surface area contributed by atoms with Crippen LogP contribution in [0, 0.1) is 13.0 Å². The number of hydrogen-bond donors (Lipinski definition) is 0. The first kappa shape index (κ1) is 13.7. The van der Waals surface area contributed by atoms with Crippen molar-refractivity contribution in [1.29, 1.82) is 0 Å². The Bertz CT molecular complexity index is 648. The fraction of sp³-hybridized carbons (Fsp3) is 0.0667. The van der Waals surface area contributed by atoms with Crippen LogP contribution in [0.3, 0.4) is 0 Å². The number of aromatic nitrogens is 3. The number of hydrogen-bond acceptors (Lipinski definition) is 2. The molecule has 2 heterocycles. The van der Waals surface area contributed by atoms with Gasteiger partial charge in [-0.1, -0.05) is 6.07 Å². The Balaban J connectivity index is 0.00000133. The molecule has 0 N–H and O–H groups in total. The number of para-hydroxylation sites is 1. The molecule has 0 fully saturated rings. The molecule has 0 spiro atoms. The van der Waals surface area contributed by atoms with Crippen LogP contribution in [0.2, 0.25) is 0 Å². The smallest absolute Gasteiger partial charge is 0.0736 e. The zero-order valence-electron chi connectivity index (χ0n) is 10.4. The molecule has 0 aliphatic heterocycles. The minimum atomic E-state index is 0. The SMILES string of the molecule is Cc1nn(-c2[c-]cccc2)cc1-c1ccccn1.[Ir]. The second-order valence-electron chi connectivity index (χ2n) is 4.04. The van der Waals surface area contributed by atoms with Gasteiger partial charge in [0.05, 0.1) is 11.4 Å². The maximum Gasteiger partial charge on any atom is 0.0736 e. The summed E-state index contributed by atoms with van der Waals surface area (Å²) in [6.45, 7) is 1.99. The molecule has 1 radical (unpaired) electrons. The second kappa shape index (κ2) is 5.91. The summed E-state index contributed by atoms with van der Waals surface area (Å²) in [7, 11) is 0. The van der Waals surface area contributed by atoms with Gasteiger partial charge in [-0.3, -0.25) is 9.67 Å². The molecular formula is C15H12IrN3-. The maximum atomic E-state index is 4.50. The van der Waals surface area contributed by atoms with Gasteiger partial charge in [0.1, 0.15) is 0 Å². The molecule has 3 nitrogen and oxygen atoms in total. The third kappa shape index (κ3) is 2.80. The van der Waals surface area contributed by atoms with Gasteiger partial charge in [-0.25, -0.2) is 0 Å². The Kier molecular flexibility index (Phi) is 4.25. The average molecular weight is 426 g/mol. The van der Waals surface area contributed by atoms with Crippen molar-refractivity contribution in [2.75, 3.05) is 0 Å². The minimum Gasteiger partial charge on any atom is -0.265 e.